The van der Waals surface area contributed by atoms with E-state index in [0.29, 0.717) is 19.5 Å². The number of hydrogen-bond acceptors (Lipinski definition) is 3. The average molecular weight is 358 g/mol. The summed E-state index contributed by atoms with van der Waals surface area (Å²) in [6.45, 7) is 4.40. The van der Waals surface area contributed by atoms with Gasteiger partial charge in [0.2, 0.25) is 15.9 Å². The number of carbonyl (C=O) groups excluding carboxylic acids is 1. The van der Waals surface area contributed by atoms with Crippen LogP contribution in [-0.2, 0) is 14.8 Å². The second kappa shape index (κ2) is 6.98. The van der Waals surface area contributed by atoms with Crippen LogP contribution in [0, 0.1) is 6.92 Å². The third-order valence-corrected chi connectivity index (χ3v) is 6.34. The number of rotatable bonds is 4. The van der Waals surface area contributed by atoms with Crippen LogP contribution in [0.15, 0.2) is 59.5 Å². The Morgan fingerprint density at radius 3 is 2.28 bits per heavy atom. The molecule has 3 rings (SSSR count). The van der Waals surface area contributed by atoms with E-state index < -0.39 is 16.2 Å². The maximum absolute atomic E-state index is 13.2. The van der Waals surface area contributed by atoms with Gasteiger partial charge in [0.25, 0.3) is 0 Å². The zero-order chi connectivity index (χ0) is 18.0. The van der Waals surface area contributed by atoms with Crippen LogP contribution in [0.4, 0.5) is 0 Å². The van der Waals surface area contributed by atoms with Gasteiger partial charge in [-0.1, -0.05) is 55.0 Å². The van der Waals surface area contributed by atoms with E-state index in [1.165, 1.54) is 4.31 Å². The van der Waals surface area contributed by atoms with Gasteiger partial charge in [-0.05, 0) is 24.6 Å². The summed E-state index contributed by atoms with van der Waals surface area (Å²) >= 11 is 0. The zero-order valence-electron chi connectivity index (χ0n) is 14.4. The monoisotopic (exact) mass is 358 g/mol. The smallest absolute Gasteiger partial charge is 0.245 e. The molecule has 5 nitrogen and oxygen atoms in total. The van der Waals surface area contributed by atoms with E-state index in [-0.39, 0.29) is 10.8 Å². The van der Waals surface area contributed by atoms with Crippen LogP contribution < -0.4 is 0 Å². The van der Waals surface area contributed by atoms with Gasteiger partial charge in [0.05, 0.1) is 4.90 Å². The van der Waals surface area contributed by atoms with Crippen molar-refractivity contribution in [1.82, 2.24) is 9.21 Å². The highest BCUT2D eigenvalue weighted by atomic mass is 32.2. The summed E-state index contributed by atoms with van der Waals surface area (Å²) in [6, 6.07) is 16.1. The van der Waals surface area contributed by atoms with Crippen LogP contribution in [0.2, 0.25) is 0 Å². The van der Waals surface area contributed by atoms with E-state index >= 15 is 0 Å². The highest BCUT2D eigenvalue weighted by molar-refractivity contribution is 7.89. The molecule has 1 aliphatic rings. The van der Waals surface area contributed by atoms with Gasteiger partial charge in [-0.15, -0.1) is 0 Å². The van der Waals surface area contributed by atoms with Gasteiger partial charge < -0.3 is 4.90 Å². The molecular formula is C19H22N2O3S. The van der Waals surface area contributed by atoms with Crippen molar-refractivity contribution in [2.75, 3.05) is 13.1 Å². The first kappa shape index (κ1) is 17.6. The summed E-state index contributed by atoms with van der Waals surface area (Å²) in [5.41, 5.74) is 1.81. The Morgan fingerprint density at radius 1 is 1.04 bits per heavy atom. The lowest BCUT2D eigenvalue weighted by Crippen LogP contribution is -2.37. The van der Waals surface area contributed by atoms with E-state index in [9.17, 15) is 13.2 Å². The summed E-state index contributed by atoms with van der Waals surface area (Å²) in [5.74, 6) is -0.0459. The summed E-state index contributed by atoms with van der Waals surface area (Å²) in [6.07, 6.45) is -0.248. The van der Waals surface area contributed by atoms with Crippen LogP contribution in [0.25, 0.3) is 0 Å². The number of benzene rings is 2. The van der Waals surface area contributed by atoms with Gasteiger partial charge in [-0.3, -0.25) is 4.79 Å². The van der Waals surface area contributed by atoms with E-state index in [0.717, 1.165) is 11.1 Å². The molecule has 6 heteroatoms. The molecule has 2 aromatic rings. The van der Waals surface area contributed by atoms with Gasteiger partial charge in [0.1, 0.15) is 6.17 Å². The number of nitrogens with zero attached hydrogens (tertiary/aromatic N) is 2. The standard InChI is InChI=1S/C19H22N2O3S/c1-3-18(22)20-13-14-21(19(20)16-7-5-4-6-8-16)25(23,24)17-11-9-15(2)10-12-17/h4-12,19H,3,13-14H2,1-2H3. The molecule has 0 bridgehead atoms. The maximum atomic E-state index is 13.2. The summed E-state index contributed by atoms with van der Waals surface area (Å²) in [7, 11) is -3.69. The van der Waals surface area contributed by atoms with Gasteiger partial charge in [-0.25, -0.2) is 8.42 Å². The molecule has 1 unspecified atom stereocenters. The van der Waals surface area contributed by atoms with Crippen LogP contribution in [0.1, 0.15) is 30.6 Å². The number of carbonyl (C=O) groups is 1. The Balaban J connectivity index is 2.04. The normalized spacial score (nSPS) is 18.5. The van der Waals surface area contributed by atoms with Crippen molar-refractivity contribution >= 4 is 15.9 Å². The number of hydrogen-bond donors (Lipinski definition) is 0. The molecule has 0 saturated carbocycles. The fourth-order valence-corrected chi connectivity index (χ4v) is 4.71. The Bertz CT molecular complexity index is 848. The lowest BCUT2D eigenvalue weighted by Gasteiger charge is -2.30. The van der Waals surface area contributed by atoms with Crippen molar-refractivity contribution in [1.29, 1.82) is 0 Å². The molecule has 1 heterocycles. The highest BCUT2D eigenvalue weighted by Gasteiger charge is 2.42. The Hall–Kier alpha value is -2.18. The maximum Gasteiger partial charge on any atom is 0.245 e. The van der Waals surface area contributed by atoms with E-state index in [4.69, 9.17) is 0 Å². The zero-order valence-corrected chi connectivity index (χ0v) is 15.2. The second-order valence-electron chi connectivity index (χ2n) is 6.15. The second-order valence-corrected chi connectivity index (χ2v) is 8.04. The molecule has 1 saturated heterocycles. The summed E-state index contributed by atoms with van der Waals surface area (Å²) in [4.78, 5) is 14.3. The lowest BCUT2D eigenvalue weighted by atomic mass is 10.1. The quantitative estimate of drug-likeness (QED) is 0.844. The Kier molecular flexibility index (Phi) is 4.92. The predicted molar refractivity (Wildman–Crippen MR) is 96.3 cm³/mol. The number of aryl methyl sites for hydroxylation is 1. The molecule has 0 aromatic heterocycles. The van der Waals surface area contributed by atoms with Crippen LogP contribution in [-0.4, -0.2) is 36.6 Å². The van der Waals surface area contributed by atoms with Crippen LogP contribution >= 0.6 is 0 Å². The van der Waals surface area contributed by atoms with Gasteiger partial charge in [0.15, 0.2) is 0 Å². The van der Waals surface area contributed by atoms with E-state index in [2.05, 4.69) is 0 Å². The predicted octanol–water partition coefficient (Wildman–Crippen LogP) is 2.94. The van der Waals surface area contributed by atoms with Gasteiger partial charge in [0, 0.05) is 19.5 Å². The summed E-state index contributed by atoms with van der Waals surface area (Å²) in [5, 5.41) is 0. The Morgan fingerprint density at radius 2 is 1.68 bits per heavy atom. The number of amides is 1. The first-order valence-electron chi connectivity index (χ1n) is 8.38. The molecule has 2 aromatic carbocycles. The minimum atomic E-state index is -3.69. The molecule has 0 aliphatic carbocycles. The molecule has 1 fully saturated rings. The van der Waals surface area contributed by atoms with Crippen LogP contribution in [0.5, 0.6) is 0 Å². The molecular weight excluding hydrogens is 336 g/mol. The first-order valence-corrected chi connectivity index (χ1v) is 9.82. The minimum absolute atomic E-state index is 0.0459. The SMILES string of the molecule is CCC(=O)N1CCN(S(=O)(=O)c2ccc(C)cc2)C1c1ccccc1. The molecule has 0 radical (unpaired) electrons. The van der Waals surface area contributed by atoms with Gasteiger partial charge >= 0.3 is 0 Å². The molecule has 0 spiro atoms. The molecule has 132 valence electrons. The molecule has 0 N–H and O–H groups in total. The topological polar surface area (TPSA) is 57.7 Å². The molecule has 25 heavy (non-hydrogen) atoms. The third kappa shape index (κ3) is 3.32. The van der Waals surface area contributed by atoms with Crippen molar-refractivity contribution < 1.29 is 13.2 Å². The fourth-order valence-electron chi connectivity index (χ4n) is 3.14. The van der Waals surface area contributed by atoms with Crippen molar-refractivity contribution in [2.45, 2.75) is 31.3 Å². The first-order chi connectivity index (χ1) is 11.9. The Labute approximate surface area is 148 Å². The number of sulfonamides is 1. The summed E-state index contributed by atoms with van der Waals surface area (Å²) < 4.78 is 27.8. The van der Waals surface area contributed by atoms with Crippen molar-refractivity contribution in [3.8, 4) is 0 Å². The largest absolute Gasteiger partial charge is 0.320 e. The van der Waals surface area contributed by atoms with E-state index in [1.807, 2.05) is 37.3 Å². The average Bonchev–Trinajstić information content (AvgIpc) is 3.08. The highest BCUT2D eigenvalue weighted by Crippen LogP contribution is 2.35. The fraction of sp³-hybridized carbons (Fsp3) is 0.316. The van der Waals surface area contributed by atoms with Gasteiger partial charge in [-0.2, -0.15) is 4.31 Å². The third-order valence-electron chi connectivity index (χ3n) is 4.48. The van der Waals surface area contributed by atoms with E-state index in [1.54, 1.807) is 36.1 Å². The van der Waals surface area contributed by atoms with Crippen molar-refractivity contribution in [3.05, 3.63) is 65.7 Å². The van der Waals surface area contributed by atoms with Crippen LogP contribution in [0.3, 0.4) is 0 Å². The molecule has 1 amide bonds. The van der Waals surface area contributed by atoms with Crippen molar-refractivity contribution in [2.24, 2.45) is 0 Å². The lowest BCUT2D eigenvalue weighted by molar-refractivity contribution is -0.132. The molecule has 1 atom stereocenters. The molecule has 1 aliphatic heterocycles. The van der Waals surface area contributed by atoms with Crippen molar-refractivity contribution in [3.63, 3.8) is 0 Å². The minimum Gasteiger partial charge on any atom is -0.320 e.